The summed E-state index contributed by atoms with van der Waals surface area (Å²) in [6, 6.07) is 0. The Kier molecular flexibility index (Phi) is 6.87. The number of piperazine rings is 1. The summed E-state index contributed by atoms with van der Waals surface area (Å²) < 4.78 is 0. The lowest BCUT2D eigenvalue weighted by Gasteiger charge is -2.34. The molecule has 0 aliphatic carbocycles. The first kappa shape index (κ1) is 15.6. The van der Waals surface area contributed by atoms with Crippen molar-refractivity contribution < 1.29 is 4.79 Å². The van der Waals surface area contributed by atoms with Crippen LogP contribution in [0.3, 0.4) is 0 Å². The van der Waals surface area contributed by atoms with Gasteiger partial charge in [-0.3, -0.25) is 9.69 Å². The van der Waals surface area contributed by atoms with Crippen molar-refractivity contribution in [1.29, 1.82) is 0 Å². The van der Waals surface area contributed by atoms with Crippen molar-refractivity contribution >= 4 is 5.78 Å². The lowest BCUT2D eigenvalue weighted by Crippen LogP contribution is -2.48. The Morgan fingerprint density at radius 2 is 1.56 bits per heavy atom. The van der Waals surface area contributed by atoms with Gasteiger partial charge in [0.2, 0.25) is 0 Å². The van der Waals surface area contributed by atoms with E-state index in [9.17, 15) is 4.79 Å². The van der Waals surface area contributed by atoms with Gasteiger partial charge in [0.25, 0.3) is 0 Å². The molecule has 0 bridgehead atoms. The van der Waals surface area contributed by atoms with Crippen LogP contribution in [0.4, 0.5) is 0 Å². The summed E-state index contributed by atoms with van der Waals surface area (Å²) in [5.74, 6) is 1.37. The number of hydrogen-bond acceptors (Lipinski definition) is 3. The van der Waals surface area contributed by atoms with Gasteiger partial charge in [0.1, 0.15) is 5.78 Å². The quantitative estimate of drug-likeness (QED) is 0.696. The van der Waals surface area contributed by atoms with E-state index >= 15 is 0 Å². The first-order chi connectivity index (χ1) is 8.49. The summed E-state index contributed by atoms with van der Waals surface area (Å²) in [5.41, 5.74) is 0. The third-order valence-electron chi connectivity index (χ3n) is 3.74. The predicted molar refractivity (Wildman–Crippen MR) is 76.8 cm³/mol. The van der Waals surface area contributed by atoms with Gasteiger partial charge in [0, 0.05) is 32.1 Å². The van der Waals surface area contributed by atoms with E-state index in [4.69, 9.17) is 0 Å². The van der Waals surface area contributed by atoms with E-state index in [1.807, 2.05) is 13.8 Å². The minimum atomic E-state index is 0.175. The Labute approximate surface area is 113 Å². The summed E-state index contributed by atoms with van der Waals surface area (Å²) in [6.45, 7) is 14.8. The Balaban J connectivity index is 2.14. The van der Waals surface area contributed by atoms with Crippen LogP contribution in [0.15, 0.2) is 0 Å². The van der Waals surface area contributed by atoms with Crippen molar-refractivity contribution in [3.05, 3.63) is 0 Å². The molecule has 0 unspecified atom stereocenters. The highest BCUT2D eigenvalue weighted by Crippen LogP contribution is 2.08. The second kappa shape index (κ2) is 7.90. The second-order valence-electron chi connectivity index (χ2n) is 6.27. The fraction of sp³-hybridized carbons (Fsp3) is 0.933. The molecule has 3 nitrogen and oxygen atoms in total. The van der Waals surface area contributed by atoms with Gasteiger partial charge in [0.05, 0.1) is 6.54 Å². The molecule has 0 N–H and O–H groups in total. The van der Waals surface area contributed by atoms with Crippen LogP contribution in [0, 0.1) is 11.8 Å². The number of Topliss-reactive ketones (excluding diaryl/α,β-unsaturated/α-hetero) is 1. The minimum absolute atomic E-state index is 0.175. The summed E-state index contributed by atoms with van der Waals surface area (Å²) in [6.07, 6.45) is 2.63. The number of ketones is 1. The first-order valence-electron chi connectivity index (χ1n) is 7.46. The van der Waals surface area contributed by atoms with Gasteiger partial charge in [-0.25, -0.2) is 0 Å². The van der Waals surface area contributed by atoms with E-state index in [0.29, 0.717) is 12.3 Å². The van der Waals surface area contributed by atoms with Crippen LogP contribution in [0.25, 0.3) is 0 Å². The van der Waals surface area contributed by atoms with Crippen molar-refractivity contribution in [1.82, 2.24) is 9.80 Å². The number of carbonyl (C=O) groups excluding carboxylic acids is 1. The van der Waals surface area contributed by atoms with Crippen LogP contribution >= 0.6 is 0 Å². The molecular weight excluding hydrogens is 224 g/mol. The molecule has 18 heavy (non-hydrogen) atoms. The van der Waals surface area contributed by atoms with Crippen molar-refractivity contribution in [2.45, 2.75) is 40.5 Å². The van der Waals surface area contributed by atoms with Gasteiger partial charge in [-0.1, -0.05) is 27.7 Å². The van der Waals surface area contributed by atoms with Crippen LogP contribution in [-0.2, 0) is 4.79 Å². The van der Waals surface area contributed by atoms with Crippen LogP contribution in [-0.4, -0.2) is 54.9 Å². The molecule has 3 heteroatoms. The molecule has 106 valence electrons. The molecule has 1 fully saturated rings. The van der Waals surface area contributed by atoms with E-state index in [0.717, 1.165) is 32.1 Å². The first-order valence-corrected chi connectivity index (χ1v) is 7.46. The molecule has 0 radical (unpaired) electrons. The molecule has 0 aromatic rings. The third kappa shape index (κ3) is 5.96. The van der Waals surface area contributed by atoms with E-state index in [1.165, 1.54) is 19.4 Å². The second-order valence-corrected chi connectivity index (χ2v) is 6.27. The lowest BCUT2D eigenvalue weighted by molar-refractivity contribution is -0.123. The van der Waals surface area contributed by atoms with Crippen molar-refractivity contribution in [2.24, 2.45) is 11.8 Å². The van der Waals surface area contributed by atoms with Gasteiger partial charge in [-0.2, -0.15) is 0 Å². The SMILES string of the molecule is CC(C)CCCN1CCN(CC(=O)C(C)C)CC1. The molecule has 1 aliphatic heterocycles. The molecule has 0 atom stereocenters. The Morgan fingerprint density at radius 3 is 2.06 bits per heavy atom. The maximum Gasteiger partial charge on any atom is 0.149 e. The van der Waals surface area contributed by atoms with Crippen LogP contribution in [0.5, 0.6) is 0 Å². The molecule has 1 aliphatic rings. The summed E-state index contributed by atoms with van der Waals surface area (Å²) >= 11 is 0. The lowest BCUT2D eigenvalue weighted by atomic mass is 10.1. The number of nitrogens with zero attached hydrogens (tertiary/aromatic N) is 2. The van der Waals surface area contributed by atoms with Crippen molar-refractivity contribution in [3.63, 3.8) is 0 Å². The molecule has 0 amide bonds. The molecule has 1 rings (SSSR count). The summed E-state index contributed by atoms with van der Waals surface area (Å²) in [7, 11) is 0. The number of hydrogen-bond donors (Lipinski definition) is 0. The van der Waals surface area contributed by atoms with Gasteiger partial charge in [-0.05, 0) is 25.3 Å². The number of rotatable bonds is 7. The van der Waals surface area contributed by atoms with E-state index < -0.39 is 0 Å². The maximum absolute atomic E-state index is 11.7. The zero-order valence-electron chi connectivity index (χ0n) is 12.6. The third-order valence-corrected chi connectivity index (χ3v) is 3.74. The molecule has 0 aromatic heterocycles. The van der Waals surface area contributed by atoms with Gasteiger partial charge < -0.3 is 4.90 Å². The minimum Gasteiger partial charge on any atom is -0.301 e. The topological polar surface area (TPSA) is 23.6 Å². The zero-order chi connectivity index (χ0) is 13.5. The zero-order valence-corrected chi connectivity index (χ0v) is 12.6. The average Bonchev–Trinajstić information content (AvgIpc) is 2.30. The van der Waals surface area contributed by atoms with Gasteiger partial charge in [-0.15, -0.1) is 0 Å². The van der Waals surface area contributed by atoms with Crippen LogP contribution < -0.4 is 0 Å². The molecule has 1 saturated heterocycles. The van der Waals surface area contributed by atoms with Crippen LogP contribution in [0.1, 0.15) is 40.5 Å². The Hall–Kier alpha value is -0.410. The average molecular weight is 254 g/mol. The molecule has 0 spiro atoms. The number of carbonyl (C=O) groups is 1. The fourth-order valence-corrected chi connectivity index (χ4v) is 2.30. The van der Waals surface area contributed by atoms with Gasteiger partial charge >= 0.3 is 0 Å². The van der Waals surface area contributed by atoms with Crippen molar-refractivity contribution in [3.8, 4) is 0 Å². The molecule has 0 aromatic carbocycles. The van der Waals surface area contributed by atoms with E-state index in [1.54, 1.807) is 0 Å². The predicted octanol–water partition coefficient (Wildman–Crippen LogP) is 2.27. The van der Waals surface area contributed by atoms with E-state index in [-0.39, 0.29) is 5.92 Å². The highest BCUT2D eigenvalue weighted by Gasteiger charge is 2.19. The monoisotopic (exact) mass is 254 g/mol. The Bertz CT molecular complexity index is 243. The Morgan fingerprint density at radius 1 is 1.00 bits per heavy atom. The standard InChI is InChI=1S/C15H30N2O/c1-13(2)6-5-7-16-8-10-17(11-9-16)12-15(18)14(3)4/h13-14H,5-12H2,1-4H3. The smallest absolute Gasteiger partial charge is 0.149 e. The fourth-order valence-electron chi connectivity index (χ4n) is 2.30. The van der Waals surface area contributed by atoms with Crippen LogP contribution in [0.2, 0.25) is 0 Å². The van der Waals surface area contributed by atoms with E-state index in [2.05, 4.69) is 23.6 Å². The highest BCUT2D eigenvalue weighted by atomic mass is 16.1. The highest BCUT2D eigenvalue weighted by molar-refractivity contribution is 5.82. The van der Waals surface area contributed by atoms with Crippen molar-refractivity contribution in [2.75, 3.05) is 39.3 Å². The van der Waals surface area contributed by atoms with Gasteiger partial charge in [0.15, 0.2) is 0 Å². The molecular formula is C15H30N2O. The summed E-state index contributed by atoms with van der Waals surface area (Å²) in [5, 5.41) is 0. The largest absolute Gasteiger partial charge is 0.301 e. The molecule has 0 saturated carbocycles. The maximum atomic E-state index is 11.7. The normalized spacial score (nSPS) is 18.8. The molecule has 1 heterocycles. The summed E-state index contributed by atoms with van der Waals surface area (Å²) in [4.78, 5) is 16.5.